The lowest BCUT2D eigenvalue weighted by molar-refractivity contribution is 0.669. The molecule has 8 aromatic carbocycles. The summed E-state index contributed by atoms with van der Waals surface area (Å²) < 4.78 is 7.98. The number of furan rings is 1. The largest absolute Gasteiger partial charge is 0.454 e. The van der Waals surface area contributed by atoms with E-state index in [9.17, 15) is 0 Å². The number of fused-ring (bicyclic) bond motifs is 15. The molecule has 2 nitrogen and oxygen atoms in total. The number of para-hydroxylation sites is 4. The van der Waals surface area contributed by atoms with Crippen LogP contribution in [0.5, 0.6) is 0 Å². The molecule has 2 heterocycles. The molecular formula is C51H31NOS. The number of thiophene rings is 1. The van der Waals surface area contributed by atoms with Crippen LogP contribution < -0.4 is 4.90 Å². The summed E-state index contributed by atoms with van der Waals surface area (Å²) in [5.41, 5.74) is 16.4. The molecule has 2 aliphatic carbocycles. The predicted octanol–water partition coefficient (Wildman–Crippen LogP) is 14.3. The zero-order chi connectivity index (χ0) is 35.4. The Labute approximate surface area is 316 Å². The fraction of sp³-hybridized carbons (Fsp3) is 0.0196. The average Bonchev–Trinajstić information content (AvgIpc) is 3.97. The molecule has 0 bridgehead atoms. The lowest BCUT2D eigenvalue weighted by Crippen LogP contribution is -2.24. The molecule has 0 fully saturated rings. The van der Waals surface area contributed by atoms with Gasteiger partial charge in [-0.2, -0.15) is 0 Å². The Bertz CT molecular complexity index is 3090. The van der Waals surface area contributed by atoms with Crippen LogP contribution in [0.25, 0.3) is 65.4 Å². The zero-order valence-corrected chi connectivity index (χ0v) is 30.0. The SMILES string of the molecule is c1ccc(N(c2ccccc2-c2ccc3c(c2)-c2c(sc4ccccc24)C32c3ccccc3-c3ccccc32)c2cccc3c2oc2ccccc23)cc1. The summed E-state index contributed by atoms with van der Waals surface area (Å²) in [4.78, 5) is 3.79. The topological polar surface area (TPSA) is 16.4 Å². The third kappa shape index (κ3) is 3.89. The highest BCUT2D eigenvalue weighted by Crippen LogP contribution is 2.66. The maximum absolute atomic E-state index is 6.66. The molecule has 0 radical (unpaired) electrons. The highest BCUT2D eigenvalue weighted by Gasteiger charge is 2.53. The first-order chi connectivity index (χ1) is 26.8. The van der Waals surface area contributed by atoms with Crippen LogP contribution in [0.15, 0.2) is 192 Å². The molecule has 12 rings (SSSR count). The van der Waals surface area contributed by atoms with Crippen molar-refractivity contribution in [3.8, 4) is 33.4 Å². The van der Waals surface area contributed by atoms with E-state index in [1.54, 1.807) is 0 Å². The Balaban J connectivity index is 1.12. The molecular weight excluding hydrogens is 675 g/mol. The number of hydrogen-bond acceptors (Lipinski definition) is 3. The molecule has 2 aliphatic rings. The Morgan fingerprint density at radius 2 is 1.06 bits per heavy atom. The van der Waals surface area contributed by atoms with Crippen LogP contribution in [0.4, 0.5) is 17.1 Å². The molecule has 10 aromatic rings. The normalized spacial score (nSPS) is 13.3. The smallest absolute Gasteiger partial charge is 0.159 e. The van der Waals surface area contributed by atoms with Crippen LogP contribution in [0.3, 0.4) is 0 Å². The second kappa shape index (κ2) is 11.2. The van der Waals surface area contributed by atoms with Gasteiger partial charge in [-0.15, -0.1) is 11.3 Å². The molecule has 0 N–H and O–H groups in total. The number of hydrogen-bond donors (Lipinski definition) is 0. The highest BCUT2D eigenvalue weighted by molar-refractivity contribution is 7.20. The summed E-state index contributed by atoms with van der Waals surface area (Å²) >= 11 is 1.95. The summed E-state index contributed by atoms with van der Waals surface area (Å²) in [5.74, 6) is 0. The van der Waals surface area contributed by atoms with Crippen LogP contribution in [0.2, 0.25) is 0 Å². The molecule has 54 heavy (non-hydrogen) atoms. The fourth-order valence-corrected chi connectivity index (χ4v) is 11.0. The van der Waals surface area contributed by atoms with Crippen molar-refractivity contribution in [3.05, 3.63) is 210 Å². The van der Waals surface area contributed by atoms with Crippen molar-refractivity contribution in [1.82, 2.24) is 0 Å². The van der Waals surface area contributed by atoms with Gasteiger partial charge in [0.05, 0.1) is 16.8 Å². The van der Waals surface area contributed by atoms with Crippen LogP contribution in [-0.4, -0.2) is 0 Å². The number of rotatable bonds is 4. The van der Waals surface area contributed by atoms with Crippen molar-refractivity contribution in [3.63, 3.8) is 0 Å². The molecule has 0 saturated heterocycles. The second-order valence-electron chi connectivity index (χ2n) is 14.3. The molecule has 3 heteroatoms. The molecule has 0 aliphatic heterocycles. The van der Waals surface area contributed by atoms with Crippen molar-refractivity contribution < 1.29 is 4.42 Å². The van der Waals surface area contributed by atoms with Crippen molar-refractivity contribution in [1.29, 1.82) is 0 Å². The zero-order valence-electron chi connectivity index (χ0n) is 29.2. The van der Waals surface area contributed by atoms with Crippen molar-refractivity contribution in [2.75, 3.05) is 4.90 Å². The van der Waals surface area contributed by atoms with Gasteiger partial charge in [-0.25, -0.2) is 0 Å². The summed E-state index contributed by atoms with van der Waals surface area (Å²) in [6.07, 6.45) is 0. The van der Waals surface area contributed by atoms with E-state index >= 15 is 0 Å². The van der Waals surface area contributed by atoms with Gasteiger partial charge < -0.3 is 9.32 Å². The standard InChI is InChI=1S/C51H31NOS/c1-2-15-33(16-3-1)52(45-26-14-22-38-37-20-7-12-27-46(37)53-49(38)45)44-25-11-6-17-34(44)32-29-30-43-40(31-32)48-39-21-8-13-28-47(39)54-50(48)51(43)41-23-9-4-18-35(41)36-19-5-10-24-42(36)51/h1-31H. The molecule has 0 unspecified atom stereocenters. The van der Waals surface area contributed by atoms with Gasteiger partial charge in [0.1, 0.15) is 5.58 Å². The summed E-state index contributed by atoms with van der Waals surface area (Å²) in [6, 6.07) is 68.6. The van der Waals surface area contributed by atoms with E-state index in [4.69, 9.17) is 4.42 Å². The van der Waals surface area contributed by atoms with Crippen molar-refractivity contribution >= 4 is 60.4 Å². The van der Waals surface area contributed by atoms with Gasteiger partial charge in [0, 0.05) is 42.6 Å². The molecule has 0 amide bonds. The van der Waals surface area contributed by atoms with Crippen LogP contribution in [0.1, 0.15) is 21.6 Å². The number of benzene rings is 8. The minimum atomic E-state index is -0.368. The maximum atomic E-state index is 6.66. The van der Waals surface area contributed by atoms with Crippen LogP contribution >= 0.6 is 11.3 Å². The van der Waals surface area contributed by atoms with E-state index in [0.717, 1.165) is 44.6 Å². The van der Waals surface area contributed by atoms with E-state index < -0.39 is 0 Å². The predicted molar refractivity (Wildman–Crippen MR) is 226 cm³/mol. The first kappa shape index (κ1) is 29.9. The van der Waals surface area contributed by atoms with E-state index in [1.807, 2.05) is 17.4 Å². The monoisotopic (exact) mass is 705 g/mol. The van der Waals surface area contributed by atoms with E-state index in [2.05, 4.69) is 187 Å². The first-order valence-electron chi connectivity index (χ1n) is 18.5. The molecule has 2 aromatic heterocycles. The Kier molecular flexibility index (Phi) is 6.17. The number of nitrogens with zero attached hydrogens (tertiary/aromatic N) is 1. The van der Waals surface area contributed by atoms with Gasteiger partial charge >= 0.3 is 0 Å². The molecule has 252 valence electrons. The van der Waals surface area contributed by atoms with Gasteiger partial charge in [0.15, 0.2) is 5.58 Å². The third-order valence-corrected chi connectivity index (χ3v) is 13.0. The van der Waals surface area contributed by atoms with Crippen molar-refractivity contribution in [2.24, 2.45) is 0 Å². The Morgan fingerprint density at radius 3 is 1.87 bits per heavy atom. The minimum Gasteiger partial charge on any atom is -0.454 e. The first-order valence-corrected chi connectivity index (χ1v) is 19.3. The Hall–Kier alpha value is -6.68. The van der Waals surface area contributed by atoms with Gasteiger partial charge in [0.25, 0.3) is 0 Å². The lowest BCUT2D eigenvalue weighted by atomic mass is 9.73. The molecule has 1 spiro atoms. The summed E-state index contributed by atoms with van der Waals surface area (Å²) in [7, 11) is 0. The van der Waals surface area contributed by atoms with E-state index in [1.165, 1.54) is 59.5 Å². The lowest BCUT2D eigenvalue weighted by Gasteiger charge is -2.30. The highest BCUT2D eigenvalue weighted by atomic mass is 32.1. The Morgan fingerprint density at radius 1 is 0.444 bits per heavy atom. The second-order valence-corrected chi connectivity index (χ2v) is 15.4. The minimum absolute atomic E-state index is 0.368. The van der Waals surface area contributed by atoms with Gasteiger partial charge in [-0.1, -0.05) is 146 Å². The summed E-state index contributed by atoms with van der Waals surface area (Å²) in [5, 5.41) is 3.56. The summed E-state index contributed by atoms with van der Waals surface area (Å²) in [6.45, 7) is 0. The van der Waals surface area contributed by atoms with Gasteiger partial charge in [0.2, 0.25) is 0 Å². The van der Waals surface area contributed by atoms with Crippen molar-refractivity contribution in [2.45, 2.75) is 5.41 Å². The molecule has 0 saturated carbocycles. The van der Waals surface area contributed by atoms with Gasteiger partial charge in [-0.3, -0.25) is 0 Å². The third-order valence-electron chi connectivity index (χ3n) is 11.7. The fourth-order valence-electron chi connectivity index (χ4n) is 9.52. The number of anilines is 3. The van der Waals surface area contributed by atoms with Gasteiger partial charge in [-0.05, 0) is 81.4 Å². The maximum Gasteiger partial charge on any atom is 0.159 e. The van der Waals surface area contributed by atoms with Crippen LogP contribution in [-0.2, 0) is 5.41 Å². The van der Waals surface area contributed by atoms with Crippen LogP contribution in [0, 0.1) is 0 Å². The molecule has 0 atom stereocenters. The average molecular weight is 706 g/mol. The van der Waals surface area contributed by atoms with E-state index in [0.29, 0.717) is 0 Å². The quantitative estimate of drug-likeness (QED) is 0.181. The van der Waals surface area contributed by atoms with E-state index in [-0.39, 0.29) is 5.41 Å².